The molecule has 1 saturated heterocycles. The topological polar surface area (TPSA) is 47.3 Å². The first-order chi connectivity index (χ1) is 8.16. The van der Waals surface area contributed by atoms with Crippen LogP contribution in [0.2, 0.25) is 0 Å². The molecule has 1 heterocycles. The van der Waals surface area contributed by atoms with Crippen LogP contribution in [0.25, 0.3) is 0 Å². The highest BCUT2D eigenvalue weighted by molar-refractivity contribution is 7.80. The Morgan fingerprint density at radius 2 is 2.12 bits per heavy atom. The molecule has 0 radical (unpaired) electrons. The zero-order chi connectivity index (χ0) is 12.3. The molecule has 4 heteroatoms. The third kappa shape index (κ3) is 3.17. The molecular formula is C13H18N2OS. The highest BCUT2D eigenvalue weighted by Crippen LogP contribution is 2.18. The van der Waals surface area contributed by atoms with Gasteiger partial charge >= 0.3 is 0 Å². The third-order valence-corrected chi connectivity index (χ3v) is 3.30. The maximum absolute atomic E-state index is 5.64. The maximum atomic E-state index is 5.64. The van der Waals surface area contributed by atoms with E-state index in [2.05, 4.69) is 11.4 Å². The van der Waals surface area contributed by atoms with Crippen molar-refractivity contribution < 1.29 is 4.74 Å². The molecule has 1 aromatic rings. The molecule has 0 unspecified atom stereocenters. The summed E-state index contributed by atoms with van der Waals surface area (Å²) < 4.78 is 5.34. The van der Waals surface area contributed by atoms with Crippen molar-refractivity contribution in [2.75, 3.05) is 18.5 Å². The minimum atomic E-state index is 0.458. The van der Waals surface area contributed by atoms with E-state index in [1.807, 2.05) is 19.1 Å². The average Bonchev–Trinajstić information content (AvgIpc) is 2.30. The lowest BCUT2D eigenvalue weighted by Crippen LogP contribution is -2.27. The van der Waals surface area contributed by atoms with Crippen molar-refractivity contribution >= 4 is 22.9 Å². The van der Waals surface area contributed by atoms with Gasteiger partial charge in [0.2, 0.25) is 0 Å². The summed E-state index contributed by atoms with van der Waals surface area (Å²) in [6, 6.07) is 6.64. The van der Waals surface area contributed by atoms with Crippen LogP contribution in [0.4, 0.5) is 5.69 Å². The monoisotopic (exact) mass is 250 g/mol. The van der Waals surface area contributed by atoms with E-state index >= 15 is 0 Å². The normalized spacial score (nSPS) is 16.8. The number of hydrogen-bond donors (Lipinski definition) is 2. The van der Waals surface area contributed by atoms with E-state index in [0.717, 1.165) is 42.9 Å². The maximum Gasteiger partial charge on any atom is 0.104 e. The van der Waals surface area contributed by atoms with E-state index in [4.69, 9.17) is 22.7 Å². The molecule has 0 amide bonds. The molecule has 0 bridgehead atoms. The van der Waals surface area contributed by atoms with E-state index in [1.165, 1.54) is 0 Å². The number of nitrogens with one attached hydrogen (secondary N) is 1. The van der Waals surface area contributed by atoms with Crippen LogP contribution in [0.3, 0.4) is 0 Å². The van der Waals surface area contributed by atoms with Gasteiger partial charge in [-0.3, -0.25) is 0 Å². The summed E-state index contributed by atoms with van der Waals surface area (Å²) in [5, 5.41) is 3.52. The Balaban J connectivity index is 2.06. The Bertz CT molecular complexity index is 414. The van der Waals surface area contributed by atoms with Gasteiger partial charge in [0.25, 0.3) is 0 Å². The summed E-state index contributed by atoms with van der Waals surface area (Å²) in [6.45, 7) is 3.73. The minimum Gasteiger partial charge on any atom is -0.389 e. The fraction of sp³-hybridized carbons (Fsp3) is 0.462. The molecule has 0 aromatic heterocycles. The number of aryl methyl sites for hydroxylation is 1. The van der Waals surface area contributed by atoms with Gasteiger partial charge in [0.05, 0.1) is 0 Å². The second-order valence-electron chi connectivity index (χ2n) is 4.42. The summed E-state index contributed by atoms with van der Waals surface area (Å²) in [7, 11) is 0. The van der Waals surface area contributed by atoms with Gasteiger partial charge in [-0.05, 0) is 43.5 Å². The first-order valence-corrected chi connectivity index (χ1v) is 6.32. The van der Waals surface area contributed by atoms with Gasteiger partial charge in [0, 0.05) is 30.5 Å². The van der Waals surface area contributed by atoms with Crippen molar-refractivity contribution in [3.63, 3.8) is 0 Å². The number of hydrogen-bond acceptors (Lipinski definition) is 3. The molecule has 3 N–H and O–H groups in total. The van der Waals surface area contributed by atoms with Crippen LogP contribution >= 0.6 is 12.2 Å². The van der Waals surface area contributed by atoms with Gasteiger partial charge in [-0.25, -0.2) is 0 Å². The van der Waals surface area contributed by atoms with Crippen LogP contribution < -0.4 is 11.1 Å². The second-order valence-corrected chi connectivity index (χ2v) is 4.86. The quantitative estimate of drug-likeness (QED) is 0.808. The zero-order valence-electron chi connectivity index (χ0n) is 10.0. The predicted octanol–water partition coefficient (Wildman–Crippen LogP) is 2.22. The molecule has 1 aliphatic rings. The zero-order valence-corrected chi connectivity index (χ0v) is 10.8. The molecule has 0 saturated carbocycles. The highest BCUT2D eigenvalue weighted by Gasteiger charge is 2.13. The lowest BCUT2D eigenvalue weighted by molar-refractivity contribution is 0.0904. The van der Waals surface area contributed by atoms with Gasteiger partial charge in [0.15, 0.2) is 0 Å². The van der Waals surface area contributed by atoms with Crippen LogP contribution in [0.15, 0.2) is 18.2 Å². The molecule has 2 rings (SSSR count). The van der Waals surface area contributed by atoms with Gasteiger partial charge in [-0.15, -0.1) is 0 Å². The van der Waals surface area contributed by atoms with E-state index in [1.54, 1.807) is 0 Å². The molecule has 92 valence electrons. The number of ether oxygens (including phenoxy) is 1. The molecular weight excluding hydrogens is 232 g/mol. The summed E-state index contributed by atoms with van der Waals surface area (Å²) in [4.78, 5) is 0.458. The highest BCUT2D eigenvalue weighted by atomic mass is 32.1. The molecule has 1 aliphatic heterocycles. The molecule has 3 nitrogen and oxygen atoms in total. The lowest BCUT2D eigenvalue weighted by atomic mass is 10.1. The van der Waals surface area contributed by atoms with Gasteiger partial charge < -0.3 is 15.8 Å². The number of nitrogens with two attached hydrogens (primary N) is 1. The Labute approximate surface area is 107 Å². The summed E-state index contributed by atoms with van der Waals surface area (Å²) >= 11 is 5.00. The van der Waals surface area contributed by atoms with Crippen molar-refractivity contribution in [3.05, 3.63) is 29.3 Å². The molecule has 0 spiro atoms. The van der Waals surface area contributed by atoms with Crippen molar-refractivity contribution in [1.29, 1.82) is 0 Å². The average molecular weight is 250 g/mol. The first-order valence-electron chi connectivity index (χ1n) is 5.91. The minimum absolute atomic E-state index is 0.458. The van der Waals surface area contributed by atoms with Gasteiger partial charge in [0.1, 0.15) is 4.99 Å². The van der Waals surface area contributed by atoms with Crippen molar-refractivity contribution in [3.8, 4) is 0 Å². The van der Waals surface area contributed by atoms with E-state index in [-0.39, 0.29) is 0 Å². The van der Waals surface area contributed by atoms with Gasteiger partial charge in [-0.2, -0.15) is 0 Å². The Morgan fingerprint density at radius 1 is 1.41 bits per heavy atom. The second kappa shape index (κ2) is 5.47. The number of benzene rings is 1. The van der Waals surface area contributed by atoms with Crippen molar-refractivity contribution in [2.45, 2.75) is 25.8 Å². The number of rotatable bonds is 3. The predicted molar refractivity (Wildman–Crippen MR) is 74.5 cm³/mol. The van der Waals surface area contributed by atoms with Crippen LogP contribution in [0.5, 0.6) is 0 Å². The van der Waals surface area contributed by atoms with E-state index in [9.17, 15) is 0 Å². The molecule has 0 aliphatic carbocycles. The standard InChI is InChI=1S/C13H18N2OS/c1-9-8-11(2-3-12(9)13(14)17)15-10-4-6-16-7-5-10/h2-3,8,10,15H,4-7H2,1H3,(H2,14,17). The Morgan fingerprint density at radius 3 is 2.71 bits per heavy atom. The van der Waals surface area contributed by atoms with E-state index < -0.39 is 0 Å². The smallest absolute Gasteiger partial charge is 0.104 e. The SMILES string of the molecule is Cc1cc(NC2CCOCC2)ccc1C(N)=S. The summed E-state index contributed by atoms with van der Waals surface area (Å²) in [6.07, 6.45) is 2.13. The van der Waals surface area contributed by atoms with Crippen molar-refractivity contribution in [2.24, 2.45) is 5.73 Å². The third-order valence-electron chi connectivity index (χ3n) is 3.08. The number of thiocarbonyl (C=S) groups is 1. The molecule has 1 aromatic carbocycles. The molecule has 1 fully saturated rings. The van der Waals surface area contributed by atoms with Crippen molar-refractivity contribution in [1.82, 2.24) is 0 Å². The van der Waals surface area contributed by atoms with Crippen LogP contribution in [0, 0.1) is 6.92 Å². The Kier molecular flexibility index (Phi) is 3.97. The van der Waals surface area contributed by atoms with Gasteiger partial charge in [-0.1, -0.05) is 12.2 Å². The fourth-order valence-electron chi connectivity index (χ4n) is 2.11. The fourth-order valence-corrected chi connectivity index (χ4v) is 2.34. The summed E-state index contributed by atoms with van der Waals surface area (Å²) in [5.74, 6) is 0. The molecule has 17 heavy (non-hydrogen) atoms. The largest absolute Gasteiger partial charge is 0.389 e. The van der Waals surface area contributed by atoms with Crippen LogP contribution in [-0.4, -0.2) is 24.2 Å². The first kappa shape index (κ1) is 12.3. The van der Waals surface area contributed by atoms with Crippen LogP contribution in [0.1, 0.15) is 24.0 Å². The molecule has 0 atom stereocenters. The van der Waals surface area contributed by atoms with E-state index in [0.29, 0.717) is 11.0 Å². The van der Waals surface area contributed by atoms with Crippen LogP contribution in [-0.2, 0) is 4.74 Å². The Hall–Kier alpha value is -1.13. The lowest BCUT2D eigenvalue weighted by Gasteiger charge is -2.24. The number of anilines is 1. The summed E-state index contributed by atoms with van der Waals surface area (Å²) in [5.41, 5.74) is 8.85.